The fourth-order valence-corrected chi connectivity index (χ4v) is 4.18. The van der Waals surface area contributed by atoms with Crippen LogP contribution in [0.15, 0.2) is 89.7 Å². The zero-order chi connectivity index (χ0) is 24.4. The van der Waals surface area contributed by atoms with Crippen LogP contribution in [-0.2, 0) is 13.0 Å². The Morgan fingerprint density at radius 2 is 1.63 bits per heavy atom. The third-order valence-corrected chi connectivity index (χ3v) is 5.99. The summed E-state index contributed by atoms with van der Waals surface area (Å²) in [4.78, 5) is 37.4. The molecule has 7 nitrogen and oxygen atoms in total. The molecule has 0 bridgehead atoms. The fourth-order valence-electron chi connectivity index (χ4n) is 3.97. The molecule has 0 aliphatic carbocycles. The van der Waals surface area contributed by atoms with Gasteiger partial charge >= 0.3 is 0 Å². The van der Waals surface area contributed by atoms with Crippen molar-refractivity contribution in [1.29, 1.82) is 0 Å². The molecule has 3 aromatic carbocycles. The van der Waals surface area contributed by atoms with E-state index in [0.29, 0.717) is 28.3 Å². The van der Waals surface area contributed by atoms with Crippen LogP contribution in [0.5, 0.6) is 0 Å². The Hall–Kier alpha value is -4.23. The number of amides is 1. The molecule has 35 heavy (non-hydrogen) atoms. The summed E-state index contributed by atoms with van der Waals surface area (Å²) in [5.41, 5.74) is 3.26. The van der Waals surface area contributed by atoms with E-state index in [1.165, 1.54) is 9.42 Å². The summed E-state index contributed by atoms with van der Waals surface area (Å²) in [6, 6.07) is 25.9. The summed E-state index contributed by atoms with van der Waals surface area (Å²) in [5.74, 6) is 0.162. The quantitative estimate of drug-likeness (QED) is 0.375. The summed E-state index contributed by atoms with van der Waals surface area (Å²) in [7, 11) is 0. The highest BCUT2D eigenvalue weighted by molar-refractivity contribution is 6.30. The number of aromatic amines is 1. The highest BCUT2D eigenvalue weighted by Crippen LogP contribution is 2.20. The molecule has 8 heteroatoms. The van der Waals surface area contributed by atoms with Crippen molar-refractivity contribution in [2.45, 2.75) is 19.9 Å². The highest BCUT2D eigenvalue weighted by Gasteiger charge is 2.23. The number of carbonyl (C=O) groups excluding carboxylic acids is 1. The Kier molecular flexibility index (Phi) is 6.16. The van der Waals surface area contributed by atoms with Gasteiger partial charge in [0.1, 0.15) is 0 Å². The monoisotopic (exact) mass is 483 g/mol. The SMILES string of the molecule is Cc1nc2nc(N(Cc3cccc(Cl)c3)C(=O)c3ccccc3)[nH]n2c(=O)c1Cc1ccccc1. The zero-order valence-corrected chi connectivity index (χ0v) is 19.7. The molecule has 2 heterocycles. The van der Waals surface area contributed by atoms with Crippen LogP contribution in [0, 0.1) is 6.92 Å². The Labute approximate surface area is 206 Å². The number of rotatable bonds is 6. The molecule has 0 saturated heterocycles. The van der Waals surface area contributed by atoms with E-state index in [0.717, 1.165) is 11.1 Å². The topological polar surface area (TPSA) is 83.4 Å². The second kappa shape index (κ2) is 9.56. The zero-order valence-electron chi connectivity index (χ0n) is 19.0. The van der Waals surface area contributed by atoms with E-state index in [2.05, 4.69) is 15.1 Å². The molecule has 0 saturated carbocycles. The molecule has 174 valence electrons. The number of halogens is 1. The highest BCUT2D eigenvalue weighted by atomic mass is 35.5. The number of hydrogen-bond donors (Lipinski definition) is 1. The van der Waals surface area contributed by atoms with Gasteiger partial charge < -0.3 is 0 Å². The van der Waals surface area contributed by atoms with Gasteiger partial charge in [-0.25, -0.2) is 4.98 Å². The minimum absolute atomic E-state index is 0.205. The van der Waals surface area contributed by atoms with Gasteiger partial charge in [-0.3, -0.25) is 19.6 Å². The van der Waals surface area contributed by atoms with E-state index in [1.54, 1.807) is 43.3 Å². The van der Waals surface area contributed by atoms with Crippen LogP contribution in [0.4, 0.5) is 5.95 Å². The predicted molar refractivity (Wildman–Crippen MR) is 136 cm³/mol. The molecule has 0 fully saturated rings. The second-order valence-electron chi connectivity index (χ2n) is 8.21. The number of aryl methyl sites for hydroxylation is 1. The molecule has 0 radical (unpaired) electrons. The molecule has 0 atom stereocenters. The van der Waals surface area contributed by atoms with E-state index in [-0.39, 0.29) is 29.7 Å². The minimum Gasteiger partial charge on any atom is -0.272 e. The van der Waals surface area contributed by atoms with Crippen molar-refractivity contribution >= 4 is 29.2 Å². The molecule has 0 spiro atoms. The van der Waals surface area contributed by atoms with Gasteiger partial charge in [0.25, 0.3) is 17.2 Å². The van der Waals surface area contributed by atoms with Gasteiger partial charge in [0.05, 0.1) is 12.2 Å². The van der Waals surface area contributed by atoms with Crippen LogP contribution >= 0.6 is 11.6 Å². The standard InChI is InChI=1S/C27H22ClN5O2/c1-18-23(16-19-9-4-2-5-10-19)25(35)33-26(29-18)30-27(31-33)32(17-20-11-8-14-22(28)15-20)24(34)21-12-6-3-7-13-21/h2-15H,16-17H2,1H3,(H,29,30,31). The molecule has 5 rings (SSSR count). The van der Waals surface area contributed by atoms with Gasteiger partial charge in [-0.05, 0) is 42.3 Å². The fraction of sp³-hybridized carbons (Fsp3) is 0.111. The van der Waals surface area contributed by atoms with Crippen LogP contribution in [-0.4, -0.2) is 25.5 Å². The maximum atomic E-state index is 13.5. The Morgan fingerprint density at radius 1 is 0.943 bits per heavy atom. The van der Waals surface area contributed by atoms with Crippen molar-refractivity contribution in [3.8, 4) is 0 Å². The largest absolute Gasteiger partial charge is 0.277 e. The molecule has 0 aliphatic heterocycles. The summed E-state index contributed by atoms with van der Waals surface area (Å²) >= 11 is 6.17. The molecule has 2 aromatic heterocycles. The van der Waals surface area contributed by atoms with E-state index in [4.69, 9.17) is 11.6 Å². The van der Waals surface area contributed by atoms with E-state index in [9.17, 15) is 9.59 Å². The lowest BCUT2D eigenvalue weighted by Gasteiger charge is -2.20. The number of fused-ring (bicyclic) bond motifs is 1. The van der Waals surface area contributed by atoms with Crippen LogP contribution < -0.4 is 10.5 Å². The number of benzene rings is 3. The van der Waals surface area contributed by atoms with Crippen LogP contribution in [0.1, 0.15) is 32.7 Å². The molecule has 0 unspecified atom stereocenters. The summed E-state index contributed by atoms with van der Waals surface area (Å²) in [6.45, 7) is 2.01. The number of nitrogens with zero attached hydrogens (tertiary/aromatic N) is 4. The maximum absolute atomic E-state index is 13.5. The number of carbonyl (C=O) groups is 1. The van der Waals surface area contributed by atoms with E-state index >= 15 is 0 Å². The van der Waals surface area contributed by atoms with Crippen molar-refractivity contribution in [3.05, 3.63) is 128 Å². The molecular formula is C27H22ClN5O2. The van der Waals surface area contributed by atoms with Crippen molar-refractivity contribution in [2.24, 2.45) is 0 Å². The first-order valence-corrected chi connectivity index (χ1v) is 11.5. The summed E-state index contributed by atoms with van der Waals surface area (Å²) in [6.07, 6.45) is 0.449. The average Bonchev–Trinajstić information content (AvgIpc) is 3.30. The molecule has 5 aromatic rings. The smallest absolute Gasteiger partial charge is 0.272 e. The van der Waals surface area contributed by atoms with Crippen LogP contribution in [0.3, 0.4) is 0 Å². The molecule has 0 aliphatic rings. The van der Waals surface area contributed by atoms with Gasteiger partial charge in [0.2, 0.25) is 5.95 Å². The van der Waals surface area contributed by atoms with E-state index < -0.39 is 0 Å². The Morgan fingerprint density at radius 3 is 2.34 bits per heavy atom. The maximum Gasteiger partial charge on any atom is 0.277 e. The Bertz CT molecular complexity index is 1560. The first-order valence-electron chi connectivity index (χ1n) is 11.1. The number of H-pyrrole nitrogens is 1. The lowest BCUT2D eigenvalue weighted by atomic mass is 10.1. The number of nitrogens with one attached hydrogen (secondary N) is 1. The summed E-state index contributed by atoms with van der Waals surface area (Å²) < 4.78 is 1.30. The van der Waals surface area contributed by atoms with Gasteiger partial charge in [0, 0.05) is 22.6 Å². The molecule has 1 N–H and O–H groups in total. The van der Waals surface area contributed by atoms with Crippen molar-refractivity contribution in [1.82, 2.24) is 19.6 Å². The van der Waals surface area contributed by atoms with Crippen LogP contribution in [0.25, 0.3) is 5.78 Å². The Balaban J connectivity index is 1.58. The first-order chi connectivity index (χ1) is 17.0. The second-order valence-corrected chi connectivity index (χ2v) is 8.65. The average molecular weight is 484 g/mol. The first kappa shape index (κ1) is 22.6. The van der Waals surface area contributed by atoms with Gasteiger partial charge in [-0.2, -0.15) is 9.50 Å². The predicted octanol–water partition coefficient (Wildman–Crippen LogP) is 4.82. The third kappa shape index (κ3) is 4.72. The van der Waals surface area contributed by atoms with Crippen molar-refractivity contribution < 1.29 is 4.79 Å². The third-order valence-electron chi connectivity index (χ3n) is 5.76. The number of hydrogen-bond acceptors (Lipinski definition) is 4. The van der Waals surface area contributed by atoms with Gasteiger partial charge in [-0.1, -0.05) is 72.3 Å². The van der Waals surface area contributed by atoms with Crippen LogP contribution in [0.2, 0.25) is 5.02 Å². The molecular weight excluding hydrogens is 462 g/mol. The normalized spacial score (nSPS) is 11.0. The summed E-state index contributed by atoms with van der Waals surface area (Å²) in [5, 5.41) is 3.57. The van der Waals surface area contributed by atoms with Gasteiger partial charge in [-0.15, -0.1) is 0 Å². The lowest BCUT2D eigenvalue weighted by molar-refractivity contribution is 0.0983. The van der Waals surface area contributed by atoms with E-state index in [1.807, 2.05) is 48.5 Å². The number of anilines is 1. The number of aromatic nitrogens is 4. The van der Waals surface area contributed by atoms with Crippen molar-refractivity contribution in [2.75, 3.05) is 4.90 Å². The van der Waals surface area contributed by atoms with Gasteiger partial charge in [0.15, 0.2) is 0 Å². The molecule has 1 amide bonds. The minimum atomic E-state index is -0.265. The lowest BCUT2D eigenvalue weighted by Crippen LogP contribution is -2.31. The van der Waals surface area contributed by atoms with Crippen molar-refractivity contribution in [3.63, 3.8) is 0 Å².